The zero-order chi connectivity index (χ0) is 15.0. The van der Waals surface area contributed by atoms with Gasteiger partial charge in [-0.1, -0.05) is 25.5 Å². The van der Waals surface area contributed by atoms with Crippen LogP contribution < -0.4 is 5.32 Å². The molecule has 1 atom stereocenters. The molecule has 2 nitrogen and oxygen atoms in total. The van der Waals surface area contributed by atoms with E-state index in [4.69, 9.17) is 5.11 Å². The Hall–Kier alpha value is -1.07. The van der Waals surface area contributed by atoms with Gasteiger partial charge in [0, 0.05) is 13.2 Å². The highest BCUT2D eigenvalue weighted by atomic mass is 19.4. The average molecular weight is 289 g/mol. The summed E-state index contributed by atoms with van der Waals surface area (Å²) in [6.07, 6.45) is -1.42. The summed E-state index contributed by atoms with van der Waals surface area (Å²) in [7, 11) is 0. The third kappa shape index (κ3) is 5.92. The topological polar surface area (TPSA) is 32.3 Å². The average Bonchev–Trinajstić information content (AvgIpc) is 2.39. The highest BCUT2D eigenvalue weighted by molar-refractivity contribution is 5.24. The maximum Gasteiger partial charge on any atom is 0.416 e. The van der Waals surface area contributed by atoms with Gasteiger partial charge < -0.3 is 10.4 Å². The van der Waals surface area contributed by atoms with E-state index in [1.807, 2.05) is 0 Å². The Morgan fingerprint density at radius 2 is 1.80 bits per heavy atom. The lowest BCUT2D eigenvalue weighted by Crippen LogP contribution is -2.23. The molecule has 0 aliphatic rings. The second-order valence-corrected chi connectivity index (χ2v) is 4.99. The first-order valence-corrected chi connectivity index (χ1v) is 6.95. The molecule has 1 rings (SSSR count). The maximum absolute atomic E-state index is 12.4. The number of benzene rings is 1. The molecule has 0 fully saturated rings. The van der Waals surface area contributed by atoms with Crippen molar-refractivity contribution in [1.82, 2.24) is 5.32 Å². The SMILES string of the molecule is CCCC(CCO)CNCc1ccc(C(F)(F)F)cc1. The third-order valence-corrected chi connectivity index (χ3v) is 3.28. The van der Waals surface area contributed by atoms with Crippen LogP contribution in [-0.2, 0) is 12.7 Å². The van der Waals surface area contributed by atoms with Crippen LogP contribution in [0.5, 0.6) is 0 Å². The van der Waals surface area contributed by atoms with Gasteiger partial charge in [-0.3, -0.25) is 0 Å². The zero-order valence-electron chi connectivity index (χ0n) is 11.7. The van der Waals surface area contributed by atoms with Crippen LogP contribution >= 0.6 is 0 Å². The van der Waals surface area contributed by atoms with Gasteiger partial charge in [-0.15, -0.1) is 0 Å². The van der Waals surface area contributed by atoms with Crippen molar-refractivity contribution in [2.75, 3.05) is 13.2 Å². The quantitative estimate of drug-likeness (QED) is 0.766. The first kappa shape index (κ1) is 17.0. The normalized spacial score (nSPS) is 13.4. The fourth-order valence-electron chi connectivity index (χ4n) is 2.17. The minimum absolute atomic E-state index is 0.173. The predicted molar refractivity (Wildman–Crippen MR) is 73.3 cm³/mol. The monoisotopic (exact) mass is 289 g/mol. The molecule has 0 heterocycles. The molecule has 0 saturated carbocycles. The molecule has 0 aliphatic heterocycles. The smallest absolute Gasteiger partial charge is 0.396 e. The van der Waals surface area contributed by atoms with Gasteiger partial charge >= 0.3 is 6.18 Å². The summed E-state index contributed by atoms with van der Waals surface area (Å²) in [5.41, 5.74) is 0.211. The van der Waals surface area contributed by atoms with Crippen molar-refractivity contribution in [3.63, 3.8) is 0 Å². The second kappa shape index (κ2) is 8.27. The zero-order valence-corrected chi connectivity index (χ0v) is 11.7. The van der Waals surface area contributed by atoms with Gasteiger partial charge in [-0.25, -0.2) is 0 Å². The van der Waals surface area contributed by atoms with Crippen LogP contribution in [0.1, 0.15) is 37.3 Å². The molecule has 20 heavy (non-hydrogen) atoms. The summed E-state index contributed by atoms with van der Waals surface area (Å²) in [5.74, 6) is 0.416. The van der Waals surface area contributed by atoms with E-state index in [-0.39, 0.29) is 6.61 Å². The van der Waals surface area contributed by atoms with E-state index in [1.54, 1.807) is 0 Å². The Morgan fingerprint density at radius 3 is 2.30 bits per heavy atom. The fourth-order valence-corrected chi connectivity index (χ4v) is 2.17. The maximum atomic E-state index is 12.4. The van der Waals surface area contributed by atoms with Gasteiger partial charge in [-0.05, 0) is 43.0 Å². The number of halogens is 3. The highest BCUT2D eigenvalue weighted by Gasteiger charge is 2.29. The van der Waals surface area contributed by atoms with E-state index in [1.165, 1.54) is 12.1 Å². The molecular weight excluding hydrogens is 267 g/mol. The fraction of sp³-hybridized carbons (Fsp3) is 0.600. The van der Waals surface area contributed by atoms with Crippen LogP contribution in [0.2, 0.25) is 0 Å². The van der Waals surface area contributed by atoms with Gasteiger partial charge in [0.2, 0.25) is 0 Å². The first-order valence-electron chi connectivity index (χ1n) is 6.95. The number of nitrogens with one attached hydrogen (secondary N) is 1. The van der Waals surface area contributed by atoms with Gasteiger partial charge in [0.15, 0.2) is 0 Å². The summed E-state index contributed by atoms with van der Waals surface area (Å²) in [4.78, 5) is 0. The lowest BCUT2D eigenvalue weighted by Gasteiger charge is -2.16. The lowest BCUT2D eigenvalue weighted by atomic mass is 10.00. The molecule has 5 heteroatoms. The number of rotatable bonds is 8. The predicted octanol–water partition coefficient (Wildman–Crippen LogP) is 3.59. The molecule has 0 amide bonds. The van der Waals surface area contributed by atoms with Crippen LogP contribution in [0.25, 0.3) is 0 Å². The van der Waals surface area contributed by atoms with E-state index in [9.17, 15) is 13.2 Å². The van der Waals surface area contributed by atoms with Crippen LogP contribution in [0.3, 0.4) is 0 Å². The van der Waals surface area contributed by atoms with E-state index in [0.29, 0.717) is 12.5 Å². The van der Waals surface area contributed by atoms with Crippen molar-refractivity contribution in [3.8, 4) is 0 Å². The molecule has 1 aromatic rings. The molecule has 0 aliphatic carbocycles. The molecule has 0 saturated heterocycles. The molecule has 1 unspecified atom stereocenters. The summed E-state index contributed by atoms with van der Waals surface area (Å²) in [5, 5.41) is 12.2. The Bertz CT molecular complexity index is 370. The van der Waals surface area contributed by atoms with Gasteiger partial charge in [0.05, 0.1) is 5.56 Å². The summed E-state index contributed by atoms with van der Waals surface area (Å²) < 4.78 is 37.2. The number of aliphatic hydroxyl groups is 1. The Kier molecular flexibility index (Phi) is 7.02. The summed E-state index contributed by atoms with van der Waals surface area (Å²) >= 11 is 0. The largest absolute Gasteiger partial charge is 0.416 e. The summed E-state index contributed by atoms with van der Waals surface area (Å²) in [6.45, 7) is 3.59. The lowest BCUT2D eigenvalue weighted by molar-refractivity contribution is -0.137. The number of hydrogen-bond acceptors (Lipinski definition) is 2. The minimum atomic E-state index is -4.28. The molecule has 1 aromatic carbocycles. The van der Waals surface area contributed by atoms with Crippen molar-refractivity contribution in [1.29, 1.82) is 0 Å². The van der Waals surface area contributed by atoms with Crippen molar-refractivity contribution in [3.05, 3.63) is 35.4 Å². The Labute approximate surface area is 118 Å². The van der Waals surface area contributed by atoms with Crippen LogP contribution in [0.15, 0.2) is 24.3 Å². The highest BCUT2D eigenvalue weighted by Crippen LogP contribution is 2.29. The molecule has 114 valence electrons. The van der Waals surface area contributed by atoms with E-state index >= 15 is 0 Å². The molecule has 0 aromatic heterocycles. The standard InChI is InChI=1S/C15H22F3NO/c1-2-3-12(8-9-20)10-19-11-13-4-6-14(7-5-13)15(16,17)18/h4-7,12,19-20H,2-3,8-11H2,1H3. The van der Waals surface area contributed by atoms with Crippen molar-refractivity contribution in [2.24, 2.45) is 5.92 Å². The van der Waals surface area contributed by atoms with Crippen molar-refractivity contribution in [2.45, 2.75) is 38.9 Å². The number of hydrogen-bond donors (Lipinski definition) is 2. The van der Waals surface area contributed by atoms with Gasteiger partial charge in [-0.2, -0.15) is 13.2 Å². The molecule has 2 N–H and O–H groups in total. The molecule has 0 radical (unpaired) electrons. The van der Waals surface area contributed by atoms with E-state index in [2.05, 4.69) is 12.2 Å². The number of alkyl halides is 3. The second-order valence-electron chi connectivity index (χ2n) is 4.99. The minimum Gasteiger partial charge on any atom is -0.396 e. The Balaban J connectivity index is 2.41. The van der Waals surface area contributed by atoms with Crippen LogP contribution in [0, 0.1) is 5.92 Å². The third-order valence-electron chi connectivity index (χ3n) is 3.28. The van der Waals surface area contributed by atoms with E-state index in [0.717, 1.165) is 43.5 Å². The van der Waals surface area contributed by atoms with Crippen LogP contribution in [0.4, 0.5) is 13.2 Å². The molecular formula is C15H22F3NO. The van der Waals surface area contributed by atoms with Crippen LogP contribution in [-0.4, -0.2) is 18.3 Å². The van der Waals surface area contributed by atoms with Gasteiger partial charge in [0.25, 0.3) is 0 Å². The molecule has 0 bridgehead atoms. The van der Waals surface area contributed by atoms with E-state index < -0.39 is 11.7 Å². The van der Waals surface area contributed by atoms with Gasteiger partial charge in [0.1, 0.15) is 0 Å². The number of aliphatic hydroxyl groups excluding tert-OH is 1. The first-order chi connectivity index (χ1) is 9.47. The summed E-state index contributed by atoms with van der Waals surface area (Å²) in [6, 6.07) is 5.20. The van der Waals surface area contributed by atoms with Crippen molar-refractivity contribution < 1.29 is 18.3 Å². The van der Waals surface area contributed by atoms with Crippen molar-refractivity contribution >= 4 is 0 Å². The molecule has 0 spiro atoms. The Morgan fingerprint density at radius 1 is 1.15 bits per heavy atom.